The molecule has 0 atom stereocenters. The molecular formula is C17H16N2O3S. The predicted octanol–water partition coefficient (Wildman–Crippen LogP) is 2.74. The molecule has 1 aromatic carbocycles. The third-order valence-electron chi connectivity index (χ3n) is 3.77. The summed E-state index contributed by atoms with van der Waals surface area (Å²) in [6.07, 6.45) is 0. The van der Waals surface area contributed by atoms with Gasteiger partial charge in [0, 0.05) is 36.2 Å². The molecule has 118 valence electrons. The fourth-order valence-corrected chi connectivity index (χ4v) is 3.44. The van der Waals surface area contributed by atoms with E-state index in [2.05, 4.69) is 4.90 Å². The van der Waals surface area contributed by atoms with Gasteiger partial charge in [0.25, 0.3) is 0 Å². The lowest BCUT2D eigenvalue weighted by Gasteiger charge is -2.29. The molecule has 5 nitrogen and oxygen atoms in total. The van der Waals surface area contributed by atoms with Crippen LogP contribution in [-0.4, -0.2) is 31.7 Å². The summed E-state index contributed by atoms with van der Waals surface area (Å²) in [7, 11) is 1.60. The van der Waals surface area contributed by atoms with Crippen LogP contribution in [-0.2, 0) is 0 Å². The van der Waals surface area contributed by atoms with Crippen molar-refractivity contribution in [3.8, 4) is 23.1 Å². The topological polar surface area (TPSA) is 66.5 Å². The monoisotopic (exact) mass is 328 g/mol. The van der Waals surface area contributed by atoms with Crippen LogP contribution in [0.2, 0.25) is 0 Å². The molecule has 1 aliphatic heterocycles. The van der Waals surface area contributed by atoms with Gasteiger partial charge in [-0.15, -0.1) is 0 Å². The summed E-state index contributed by atoms with van der Waals surface area (Å²) in [6, 6.07) is 11.1. The Balaban J connectivity index is 2.06. The van der Waals surface area contributed by atoms with Crippen molar-refractivity contribution in [3.05, 3.63) is 46.3 Å². The molecule has 0 saturated carbocycles. The second-order valence-corrected chi connectivity index (χ2v) is 6.32. The molecule has 6 heteroatoms. The Bertz CT molecular complexity index is 787. The summed E-state index contributed by atoms with van der Waals surface area (Å²) >= 11 is 1.88. The molecular weight excluding hydrogens is 312 g/mol. The minimum absolute atomic E-state index is 0.0779. The minimum Gasteiger partial charge on any atom is -0.497 e. The van der Waals surface area contributed by atoms with Crippen LogP contribution in [0.25, 0.3) is 11.3 Å². The van der Waals surface area contributed by atoms with Crippen molar-refractivity contribution in [1.29, 1.82) is 5.26 Å². The Morgan fingerprint density at radius 2 is 1.96 bits per heavy atom. The van der Waals surface area contributed by atoms with E-state index in [-0.39, 0.29) is 5.56 Å². The molecule has 0 unspecified atom stereocenters. The second kappa shape index (κ2) is 6.80. The number of nitrogens with zero attached hydrogens (tertiary/aromatic N) is 2. The normalized spacial score (nSPS) is 14.3. The zero-order valence-electron chi connectivity index (χ0n) is 12.7. The molecule has 1 aromatic heterocycles. The minimum atomic E-state index is -0.589. The van der Waals surface area contributed by atoms with Gasteiger partial charge in [0.15, 0.2) is 5.56 Å². The smallest absolute Gasteiger partial charge is 0.356 e. The highest BCUT2D eigenvalue weighted by Crippen LogP contribution is 2.28. The maximum Gasteiger partial charge on any atom is 0.356 e. The fourth-order valence-electron chi connectivity index (χ4n) is 2.54. The van der Waals surface area contributed by atoms with Crippen molar-refractivity contribution in [3.63, 3.8) is 0 Å². The molecule has 2 aromatic rings. The van der Waals surface area contributed by atoms with Crippen molar-refractivity contribution in [2.24, 2.45) is 0 Å². The summed E-state index contributed by atoms with van der Waals surface area (Å²) in [6.45, 7) is 1.65. The van der Waals surface area contributed by atoms with Gasteiger partial charge in [-0.2, -0.15) is 17.0 Å². The van der Waals surface area contributed by atoms with Gasteiger partial charge in [-0.3, -0.25) is 0 Å². The SMILES string of the molecule is COc1ccc(-c2cc(N3CCSCC3)c(C#N)c(=O)o2)cc1. The number of methoxy groups -OCH3 is 1. The van der Waals surface area contributed by atoms with Crippen molar-refractivity contribution >= 4 is 17.4 Å². The van der Waals surface area contributed by atoms with Gasteiger partial charge >= 0.3 is 5.63 Å². The van der Waals surface area contributed by atoms with E-state index < -0.39 is 5.63 Å². The molecule has 0 N–H and O–H groups in total. The molecule has 0 aliphatic carbocycles. The Morgan fingerprint density at radius 1 is 1.26 bits per heavy atom. The number of anilines is 1. The van der Waals surface area contributed by atoms with Crippen molar-refractivity contribution < 1.29 is 9.15 Å². The lowest BCUT2D eigenvalue weighted by atomic mass is 10.1. The van der Waals surface area contributed by atoms with Gasteiger partial charge in [0.1, 0.15) is 17.6 Å². The lowest BCUT2D eigenvalue weighted by Crippen LogP contribution is -2.34. The number of hydrogen-bond acceptors (Lipinski definition) is 6. The first-order valence-electron chi connectivity index (χ1n) is 7.28. The van der Waals surface area contributed by atoms with Crippen LogP contribution < -0.4 is 15.3 Å². The highest BCUT2D eigenvalue weighted by molar-refractivity contribution is 7.99. The quantitative estimate of drug-likeness (QED) is 0.863. The van der Waals surface area contributed by atoms with E-state index in [0.29, 0.717) is 11.4 Å². The number of nitriles is 1. The van der Waals surface area contributed by atoms with Gasteiger partial charge in [-0.25, -0.2) is 4.79 Å². The van der Waals surface area contributed by atoms with Gasteiger partial charge < -0.3 is 14.1 Å². The van der Waals surface area contributed by atoms with E-state index in [1.807, 2.05) is 42.1 Å². The Morgan fingerprint density at radius 3 is 2.57 bits per heavy atom. The zero-order chi connectivity index (χ0) is 16.2. The van der Waals surface area contributed by atoms with Crippen LogP contribution in [0, 0.1) is 11.3 Å². The summed E-state index contributed by atoms with van der Waals surface area (Å²) in [5.41, 5.74) is 0.929. The maximum atomic E-state index is 12.2. The lowest BCUT2D eigenvalue weighted by molar-refractivity contribution is 0.415. The van der Waals surface area contributed by atoms with Crippen LogP contribution in [0.5, 0.6) is 5.75 Å². The standard InChI is InChI=1S/C17H16N2O3S/c1-21-13-4-2-12(3-5-13)16-10-15(14(11-18)17(20)22-16)19-6-8-23-9-7-19/h2-5,10H,6-9H2,1H3. The van der Waals surface area contributed by atoms with Crippen LogP contribution in [0.15, 0.2) is 39.5 Å². The van der Waals surface area contributed by atoms with E-state index in [1.54, 1.807) is 13.2 Å². The van der Waals surface area contributed by atoms with Crippen LogP contribution in [0.4, 0.5) is 5.69 Å². The third-order valence-corrected chi connectivity index (χ3v) is 4.71. The Labute approximate surface area is 138 Å². The van der Waals surface area contributed by atoms with Crippen molar-refractivity contribution in [1.82, 2.24) is 0 Å². The molecule has 1 fully saturated rings. The van der Waals surface area contributed by atoms with Gasteiger partial charge in [0.2, 0.25) is 0 Å². The first-order chi connectivity index (χ1) is 11.2. The molecule has 0 bridgehead atoms. The predicted molar refractivity (Wildman–Crippen MR) is 91.2 cm³/mol. The van der Waals surface area contributed by atoms with Gasteiger partial charge in [-0.05, 0) is 24.3 Å². The Kier molecular flexibility index (Phi) is 4.58. The van der Waals surface area contributed by atoms with Crippen molar-refractivity contribution in [2.75, 3.05) is 36.6 Å². The van der Waals surface area contributed by atoms with Gasteiger partial charge in [0.05, 0.1) is 12.8 Å². The molecule has 2 heterocycles. The van der Waals surface area contributed by atoms with Crippen molar-refractivity contribution in [2.45, 2.75) is 0 Å². The number of hydrogen-bond donors (Lipinski definition) is 0. The van der Waals surface area contributed by atoms with E-state index in [9.17, 15) is 10.1 Å². The summed E-state index contributed by atoms with van der Waals surface area (Å²) in [5.74, 6) is 3.18. The average molecular weight is 328 g/mol. The first-order valence-corrected chi connectivity index (χ1v) is 8.44. The molecule has 23 heavy (non-hydrogen) atoms. The average Bonchev–Trinajstić information content (AvgIpc) is 2.62. The molecule has 1 saturated heterocycles. The van der Waals surface area contributed by atoms with Gasteiger partial charge in [-0.1, -0.05) is 0 Å². The van der Waals surface area contributed by atoms with E-state index in [1.165, 1.54) is 0 Å². The summed E-state index contributed by atoms with van der Waals surface area (Å²) in [4.78, 5) is 14.3. The fraction of sp³-hybridized carbons (Fsp3) is 0.294. The molecule has 3 rings (SSSR count). The Hall–Kier alpha value is -2.39. The summed E-state index contributed by atoms with van der Waals surface area (Å²) < 4.78 is 10.5. The number of ether oxygens (including phenoxy) is 1. The number of thioether (sulfide) groups is 1. The van der Waals surface area contributed by atoms with E-state index >= 15 is 0 Å². The highest BCUT2D eigenvalue weighted by Gasteiger charge is 2.20. The van der Waals surface area contributed by atoms with E-state index in [4.69, 9.17) is 9.15 Å². The molecule has 1 aliphatic rings. The zero-order valence-corrected chi connectivity index (χ0v) is 13.6. The molecule has 0 radical (unpaired) electrons. The third kappa shape index (κ3) is 3.20. The largest absolute Gasteiger partial charge is 0.497 e. The number of rotatable bonds is 3. The van der Waals surface area contributed by atoms with E-state index in [0.717, 1.165) is 35.9 Å². The summed E-state index contributed by atoms with van der Waals surface area (Å²) in [5, 5.41) is 9.30. The number of benzene rings is 1. The maximum absolute atomic E-state index is 12.2. The highest BCUT2D eigenvalue weighted by atomic mass is 32.2. The van der Waals surface area contributed by atoms with Crippen LogP contribution in [0.1, 0.15) is 5.56 Å². The molecule has 0 amide bonds. The van der Waals surface area contributed by atoms with Crippen LogP contribution >= 0.6 is 11.8 Å². The molecule has 0 spiro atoms. The van der Waals surface area contributed by atoms with Crippen LogP contribution in [0.3, 0.4) is 0 Å². The first kappa shape index (κ1) is 15.5. The second-order valence-electron chi connectivity index (χ2n) is 5.10.